The molecule has 172 valence electrons. The van der Waals surface area contributed by atoms with Crippen molar-refractivity contribution in [3.63, 3.8) is 0 Å². The molecule has 8 nitrogen and oxygen atoms in total. The summed E-state index contributed by atoms with van der Waals surface area (Å²) in [6.07, 6.45) is 0.776. The Hall–Kier alpha value is -1.89. The van der Waals surface area contributed by atoms with E-state index in [1.807, 2.05) is 0 Å². The molecule has 0 atom stereocenters. The fourth-order valence-corrected chi connectivity index (χ4v) is 6.13. The molecule has 2 heterocycles. The second kappa shape index (κ2) is 7.91. The van der Waals surface area contributed by atoms with Gasteiger partial charge in [-0.05, 0) is 74.6 Å². The predicted octanol–water partition coefficient (Wildman–Crippen LogP) is 2.00. The molecule has 0 aromatic heterocycles. The summed E-state index contributed by atoms with van der Waals surface area (Å²) >= 11 is 0. The number of hydrogen-bond donors (Lipinski definition) is 4. The molecule has 1 aromatic rings. The van der Waals surface area contributed by atoms with Crippen molar-refractivity contribution in [1.82, 2.24) is 21.4 Å². The maximum Gasteiger partial charge on any atom is 0.417 e. The fraction of sp³-hybridized carbons (Fsp3) is 0.632. The van der Waals surface area contributed by atoms with Gasteiger partial charge >= 0.3 is 6.18 Å². The highest BCUT2D eigenvalue weighted by Crippen LogP contribution is 2.49. The number of nitrogens with zero attached hydrogens (tertiary/aromatic N) is 2. The van der Waals surface area contributed by atoms with Crippen molar-refractivity contribution < 1.29 is 21.6 Å². The molecule has 0 amide bonds. The molecular formula is C19H27F3N6O2S. The minimum atomic E-state index is -4.88. The zero-order chi connectivity index (χ0) is 22.4. The first-order valence-corrected chi connectivity index (χ1v) is 11.9. The third kappa shape index (κ3) is 4.38. The summed E-state index contributed by atoms with van der Waals surface area (Å²) in [5, 5.41) is 14.0. The second-order valence-corrected chi connectivity index (χ2v) is 10.2. The summed E-state index contributed by atoms with van der Waals surface area (Å²) < 4.78 is 65.9. The van der Waals surface area contributed by atoms with E-state index in [1.165, 1.54) is 11.2 Å². The highest BCUT2D eigenvalue weighted by Gasteiger charge is 2.42. The average Bonchev–Trinajstić information content (AvgIpc) is 3.13. The van der Waals surface area contributed by atoms with E-state index in [9.17, 15) is 21.6 Å². The van der Waals surface area contributed by atoms with E-state index < -0.39 is 26.7 Å². The number of piperidine rings is 1. The molecule has 0 bridgehead atoms. The van der Waals surface area contributed by atoms with E-state index in [2.05, 4.69) is 21.4 Å². The Morgan fingerprint density at radius 3 is 2.32 bits per heavy atom. The molecule has 12 heteroatoms. The van der Waals surface area contributed by atoms with Crippen LogP contribution in [0.15, 0.2) is 22.1 Å². The molecule has 2 fully saturated rings. The molecule has 5 N–H and O–H groups in total. The number of hydrazone groups is 1. The first-order valence-electron chi connectivity index (χ1n) is 10.3. The summed E-state index contributed by atoms with van der Waals surface area (Å²) in [5.74, 6) is -0.0662. The molecule has 31 heavy (non-hydrogen) atoms. The lowest BCUT2D eigenvalue weighted by molar-refractivity contribution is -0.139. The van der Waals surface area contributed by atoms with Crippen molar-refractivity contribution in [2.24, 2.45) is 15.7 Å². The van der Waals surface area contributed by atoms with Crippen LogP contribution in [-0.4, -0.2) is 39.5 Å². The van der Waals surface area contributed by atoms with Crippen LogP contribution < -0.4 is 21.4 Å². The largest absolute Gasteiger partial charge is 0.417 e. The molecule has 1 saturated carbocycles. The van der Waals surface area contributed by atoms with Gasteiger partial charge in [-0.25, -0.2) is 19.1 Å². The first kappa shape index (κ1) is 22.3. The summed E-state index contributed by atoms with van der Waals surface area (Å²) in [7, 11) is -3.11. The molecule has 0 unspecified atom stereocenters. The highest BCUT2D eigenvalue weighted by atomic mass is 32.2. The van der Waals surface area contributed by atoms with Crippen LogP contribution >= 0.6 is 0 Å². The second-order valence-electron chi connectivity index (χ2n) is 8.70. The van der Waals surface area contributed by atoms with Gasteiger partial charge in [0.1, 0.15) is 4.90 Å². The first-order chi connectivity index (χ1) is 14.5. The van der Waals surface area contributed by atoms with E-state index in [1.54, 1.807) is 7.05 Å². The van der Waals surface area contributed by atoms with Crippen molar-refractivity contribution in [3.05, 3.63) is 28.8 Å². The van der Waals surface area contributed by atoms with E-state index in [4.69, 9.17) is 5.14 Å². The summed E-state index contributed by atoms with van der Waals surface area (Å²) in [5.41, 5.74) is 4.76. The van der Waals surface area contributed by atoms with Crippen LogP contribution in [0.5, 0.6) is 0 Å². The number of hydrogen-bond acceptors (Lipinski definition) is 7. The van der Waals surface area contributed by atoms with Crippen molar-refractivity contribution >= 4 is 15.9 Å². The van der Waals surface area contributed by atoms with E-state index >= 15 is 0 Å². The van der Waals surface area contributed by atoms with Gasteiger partial charge in [-0.2, -0.15) is 13.2 Å². The lowest BCUT2D eigenvalue weighted by Gasteiger charge is -2.43. The molecule has 3 aliphatic rings. The van der Waals surface area contributed by atoms with Gasteiger partial charge in [-0.1, -0.05) is 6.07 Å². The Morgan fingerprint density at radius 1 is 1.16 bits per heavy atom. The molecular weight excluding hydrogens is 433 g/mol. The third-order valence-electron chi connectivity index (χ3n) is 6.75. The van der Waals surface area contributed by atoms with Crippen LogP contribution in [-0.2, 0) is 16.2 Å². The summed E-state index contributed by atoms with van der Waals surface area (Å²) in [6, 6.07) is 2.22. The molecule has 1 aromatic carbocycles. The number of benzene rings is 1. The topological polar surface area (TPSA) is 112 Å². The Labute approximate surface area is 179 Å². The zero-order valence-corrected chi connectivity index (χ0v) is 18.0. The minimum Gasteiger partial charge on any atom is -0.317 e. The molecule has 1 saturated heterocycles. The van der Waals surface area contributed by atoms with Crippen LogP contribution in [0.2, 0.25) is 0 Å². The summed E-state index contributed by atoms with van der Waals surface area (Å²) in [6.45, 7) is 1.95. The number of amidine groups is 1. The average molecular weight is 461 g/mol. The SMILES string of the molecule is CN1NN=C(c2c(C3CCC4(CCNCC4)CC3)ccc(C(F)(F)F)c2S(N)(=O)=O)N1. The number of nitrogens with one attached hydrogen (secondary N) is 3. The van der Waals surface area contributed by atoms with Gasteiger partial charge in [0.05, 0.1) is 5.56 Å². The van der Waals surface area contributed by atoms with Gasteiger partial charge in [-0.3, -0.25) is 5.43 Å². The van der Waals surface area contributed by atoms with Crippen molar-refractivity contribution in [2.75, 3.05) is 20.1 Å². The number of primary sulfonamides is 1. The number of halogens is 3. The summed E-state index contributed by atoms with van der Waals surface area (Å²) in [4.78, 5) is -0.928. The normalized spacial score (nSPS) is 22.8. The Morgan fingerprint density at radius 2 is 1.81 bits per heavy atom. The van der Waals surface area contributed by atoms with Gasteiger partial charge in [0.2, 0.25) is 10.0 Å². The molecule has 1 aliphatic carbocycles. The minimum absolute atomic E-state index is 0.00905. The third-order valence-corrected chi connectivity index (χ3v) is 7.75. The Balaban J connectivity index is 1.80. The van der Waals surface area contributed by atoms with Crippen LogP contribution in [0.4, 0.5) is 13.2 Å². The van der Waals surface area contributed by atoms with Crippen molar-refractivity contribution in [3.8, 4) is 0 Å². The van der Waals surface area contributed by atoms with Gasteiger partial charge < -0.3 is 5.32 Å². The van der Waals surface area contributed by atoms with Gasteiger partial charge in [0.25, 0.3) is 0 Å². The quantitative estimate of drug-likeness (QED) is 0.549. The maximum atomic E-state index is 13.7. The fourth-order valence-electron chi connectivity index (χ4n) is 5.15. The number of sulfonamides is 1. The van der Waals surface area contributed by atoms with Gasteiger partial charge in [0.15, 0.2) is 5.84 Å². The van der Waals surface area contributed by atoms with Crippen molar-refractivity contribution in [1.29, 1.82) is 0 Å². The van der Waals surface area contributed by atoms with Crippen LogP contribution in [0, 0.1) is 5.41 Å². The Kier molecular flexibility index (Phi) is 5.69. The lowest BCUT2D eigenvalue weighted by atomic mass is 9.64. The van der Waals surface area contributed by atoms with E-state index in [0.29, 0.717) is 5.56 Å². The van der Waals surface area contributed by atoms with Crippen LogP contribution in [0.3, 0.4) is 0 Å². The number of nitrogens with two attached hydrogens (primary N) is 1. The number of hydrazine groups is 2. The predicted molar refractivity (Wildman–Crippen MR) is 109 cm³/mol. The van der Waals surface area contributed by atoms with Gasteiger partial charge in [0, 0.05) is 12.6 Å². The van der Waals surface area contributed by atoms with Gasteiger partial charge in [-0.15, -0.1) is 10.2 Å². The standard InChI is InChI=1S/C19H27F3N6O2S/c1-28-26-17(25-27-28)15-13(2-3-14(19(20,21)22)16(15)31(23,29)30)12-4-6-18(7-5-12)8-10-24-11-9-18/h2-3,12,24,27H,4-11H2,1H3,(H,25,26)(H2,23,29,30). The van der Waals surface area contributed by atoms with E-state index in [0.717, 1.165) is 57.7 Å². The van der Waals surface area contributed by atoms with Crippen molar-refractivity contribution in [2.45, 2.75) is 55.5 Å². The molecule has 0 radical (unpaired) electrons. The lowest BCUT2D eigenvalue weighted by Crippen LogP contribution is -2.40. The monoisotopic (exact) mass is 460 g/mol. The number of rotatable bonds is 3. The maximum absolute atomic E-state index is 13.7. The van der Waals surface area contributed by atoms with Crippen LogP contribution in [0.25, 0.3) is 0 Å². The zero-order valence-electron chi connectivity index (χ0n) is 17.2. The van der Waals surface area contributed by atoms with E-state index in [-0.39, 0.29) is 22.7 Å². The Bertz CT molecular complexity index is 979. The molecule has 2 aliphatic heterocycles. The number of alkyl halides is 3. The van der Waals surface area contributed by atoms with Crippen LogP contribution in [0.1, 0.15) is 61.1 Å². The smallest absolute Gasteiger partial charge is 0.317 e. The highest BCUT2D eigenvalue weighted by molar-refractivity contribution is 7.89. The molecule has 1 spiro atoms. The molecule has 4 rings (SSSR count).